The zero-order chi connectivity index (χ0) is 16.8. The third-order valence-electron chi connectivity index (χ3n) is 4.89. The van der Waals surface area contributed by atoms with Crippen molar-refractivity contribution < 1.29 is 0 Å². The molecule has 0 radical (unpaired) electrons. The molecule has 2 heteroatoms. The second-order valence-electron chi connectivity index (χ2n) is 6.28. The summed E-state index contributed by atoms with van der Waals surface area (Å²) in [5.74, 6) is 0. The lowest BCUT2D eigenvalue weighted by atomic mass is 9.92. The molecule has 0 aliphatic heterocycles. The fourth-order valence-corrected chi connectivity index (χ4v) is 5.38. The van der Waals surface area contributed by atoms with Crippen LogP contribution in [0.3, 0.4) is 0 Å². The van der Waals surface area contributed by atoms with Crippen LogP contribution < -0.4 is 0 Å². The molecule has 0 saturated heterocycles. The van der Waals surface area contributed by atoms with Crippen LogP contribution in [0.5, 0.6) is 0 Å². The molecule has 0 nitrogen and oxygen atoms in total. The Bertz CT molecular complexity index is 1070. The minimum Gasteiger partial charge on any atom is -0.139 e. The molecule has 4 rings (SSSR count). The summed E-state index contributed by atoms with van der Waals surface area (Å²) < 4.78 is 2.59. The predicted molar refractivity (Wildman–Crippen MR) is 111 cm³/mol. The summed E-state index contributed by atoms with van der Waals surface area (Å²) in [6.45, 7) is 6.69. The van der Waals surface area contributed by atoms with Crippen molar-refractivity contribution in [1.29, 1.82) is 0 Å². The van der Waals surface area contributed by atoms with E-state index in [1.807, 2.05) is 11.3 Å². The van der Waals surface area contributed by atoms with Crippen molar-refractivity contribution in [1.82, 2.24) is 0 Å². The van der Waals surface area contributed by atoms with Gasteiger partial charge in [0, 0.05) is 14.7 Å². The van der Waals surface area contributed by atoms with E-state index in [4.69, 9.17) is 0 Å². The highest BCUT2D eigenvalue weighted by Crippen LogP contribution is 2.46. The van der Waals surface area contributed by atoms with Gasteiger partial charge >= 0.3 is 0 Å². The zero-order valence-corrected chi connectivity index (χ0v) is 16.5. The van der Waals surface area contributed by atoms with Gasteiger partial charge in [-0.05, 0) is 69.2 Å². The van der Waals surface area contributed by atoms with Gasteiger partial charge in [-0.25, -0.2) is 0 Å². The Labute approximate surface area is 155 Å². The van der Waals surface area contributed by atoms with E-state index in [2.05, 4.69) is 85.2 Å². The number of hydrogen-bond acceptors (Lipinski definition) is 1. The van der Waals surface area contributed by atoms with Crippen molar-refractivity contribution in [2.24, 2.45) is 0 Å². The molecular formula is C22H19BrS. The fraction of sp³-hybridized carbons (Fsp3) is 0.182. The first-order valence-electron chi connectivity index (χ1n) is 8.31. The molecule has 0 unspecified atom stereocenters. The number of benzene rings is 3. The maximum atomic E-state index is 3.88. The molecule has 3 aromatic carbocycles. The number of aryl methyl sites for hydroxylation is 3. The van der Waals surface area contributed by atoms with Gasteiger partial charge in [0.25, 0.3) is 0 Å². The molecule has 24 heavy (non-hydrogen) atoms. The molecule has 1 heterocycles. The van der Waals surface area contributed by atoms with Gasteiger partial charge in [0.15, 0.2) is 0 Å². The number of halogens is 1. The van der Waals surface area contributed by atoms with Gasteiger partial charge in [0.2, 0.25) is 0 Å². The summed E-state index contributed by atoms with van der Waals surface area (Å²) >= 11 is 5.77. The molecule has 0 aliphatic rings. The summed E-state index contributed by atoms with van der Waals surface area (Å²) in [6.07, 6.45) is 1.06. The minimum atomic E-state index is 1.06. The normalized spacial score (nSPS) is 11.5. The average Bonchev–Trinajstić information content (AvgIpc) is 2.91. The third kappa shape index (κ3) is 2.32. The molecule has 0 amide bonds. The Morgan fingerprint density at radius 2 is 1.71 bits per heavy atom. The van der Waals surface area contributed by atoms with E-state index >= 15 is 0 Å². The van der Waals surface area contributed by atoms with Crippen LogP contribution in [0.25, 0.3) is 32.0 Å². The SMILES string of the molecule is CCc1cccc(-c2c3ccccc3c(Br)c3sc(C)c(C)c23)c1. The fourth-order valence-electron chi connectivity index (χ4n) is 3.48. The second-order valence-corrected chi connectivity index (χ2v) is 8.29. The zero-order valence-electron chi connectivity index (χ0n) is 14.1. The highest BCUT2D eigenvalue weighted by Gasteiger charge is 2.18. The van der Waals surface area contributed by atoms with Gasteiger partial charge in [-0.15, -0.1) is 11.3 Å². The molecule has 0 spiro atoms. The van der Waals surface area contributed by atoms with Crippen molar-refractivity contribution >= 4 is 48.1 Å². The molecule has 0 bridgehead atoms. The summed E-state index contributed by atoms with van der Waals surface area (Å²) in [6, 6.07) is 17.7. The summed E-state index contributed by atoms with van der Waals surface area (Å²) in [7, 11) is 0. The lowest BCUT2D eigenvalue weighted by Gasteiger charge is -2.13. The number of thiophene rings is 1. The van der Waals surface area contributed by atoms with Crippen LogP contribution in [0.2, 0.25) is 0 Å². The molecule has 4 aromatic rings. The Kier molecular flexibility index (Phi) is 3.98. The van der Waals surface area contributed by atoms with Gasteiger partial charge in [0.05, 0.1) is 4.70 Å². The maximum Gasteiger partial charge on any atom is 0.0503 e. The number of hydrogen-bond donors (Lipinski definition) is 0. The summed E-state index contributed by atoms with van der Waals surface area (Å²) in [5.41, 5.74) is 5.49. The number of fused-ring (bicyclic) bond motifs is 2. The first-order chi connectivity index (χ1) is 11.6. The molecule has 0 fully saturated rings. The maximum absolute atomic E-state index is 3.88. The van der Waals surface area contributed by atoms with Crippen molar-refractivity contribution in [3.8, 4) is 11.1 Å². The van der Waals surface area contributed by atoms with Gasteiger partial charge in [-0.3, -0.25) is 0 Å². The smallest absolute Gasteiger partial charge is 0.0503 e. The Morgan fingerprint density at radius 3 is 2.46 bits per heavy atom. The van der Waals surface area contributed by atoms with Crippen LogP contribution in [0.4, 0.5) is 0 Å². The predicted octanol–water partition coefficient (Wildman–Crippen LogP) is 7.66. The summed E-state index contributed by atoms with van der Waals surface area (Å²) in [5, 5.41) is 4.02. The monoisotopic (exact) mass is 394 g/mol. The average molecular weight is 395 g/mol. The Hall–Kier alpha value is -1.64. The van der Waals surface area contributed by atoms with Crippen molar-refractivity contribution in [3.63, 3.8) is 0 Å². The highest BCUT2D eigenvalue weighted by molar-refractivity contribution is 9.11. The van der Waals surface area contributed by atoms with Crippen molar-refractivity contribution in [2.45, 2.75) is 27.2 Å². The van der Waals surface area contributed by atoms with E-state index in [0.29, 0.717) is 0 Å². The van der Waals surface area contributed by atoms with Gasteiger partial charge < -0.3 is 0 Å². The van der Waals surface area contributed by atoms with E-state index in [1.54, 1.807) is 0 Å². The molecule has 0 aliphatic carbocycles. The van der Waals surface area contributed by atoms with Gasteiger partial charge in [-0.2, -0.15) is 0 Å². The van der Waals surface area contributed by atoms with Crippen LogP contribution in [-0.4, -0.2) is 0 Å². The summed E-state index contributed by atoms with van der Waals surface area (Å²) in [4.78, 5) is 1.40. The van der Waals surface area contributed by atoms with E-state index in [0.717, 1.165) is 6.42 Å². The minimum absolute atomic E-state index is 1.06. The molecular weight excluding hydrogens is 376 g/mol. The van der Waals surface area contributed by atoms with Crippen molar-refractivity contribution in [3.05, 3.63) is 69.0 Å². The largest absolute Gasteiger partial charge is 0.139 e. The van der Waals surface area contributed by atoms with Gasteiger partial charge in [-0.1, -0.05) is 55.5 Å². The first-order valence-corrected chi connectivity index (χ1v) is 9.92. The Morgan fingerprint density at radius 1 is 0.958 bits per heavy atom. The standard InChI is InChI=1S/C22H19BrS/c1-4-15-8-7-9-16(12-15)20-17-10-5-6-11-18(17)21(23)22-19(20)13(2)14(3)24-22/h5-12H,4H2,1-3H3. The lowest BCUT2D eigenvalue weighted by molar-refractivity contribution is 1.14. The quantitative estimate of drug-likeness (QED) is 0.327. The molecule has 0 saturated carbocycles. The number of rotatable bonds is 2. The van der Waals surface area contributed by atoms with E-state index in [-0.39, 0.29) is 0 Å². The highest BCUT2D eigenvalue weighted by atomic mass is 79.9. The van der Waals surface area contributed by atoms with Crippen LogP contribution in [-0.2, 0) is 6.42 Å². The third-order valence-corrected chi connectivity index (χ3v) is 7.20. The molecule has 0 atom stereocenters. The van der Waals surface area contributed by atoms with Gasteiger partial charge in [0.1, 0.15) is 0 Å². The van der Waals surface area contributed by atoms with E-state index in [9.17, 15) is 0 Å². The van der Waals surface area contributed by atoms with Crippen LogP contribution >= 0.6 is 27.3 Å². The van der Waals surface area contributed by atoms with E-state index in [1.165, 1.54) is 52.5 Å². The van der Waals surface area contributed by atoms with Crippen LogP contribution in [0, 0.1) is 13.8 Å². The molecule has 120 valence electrons. The van der Waals surface area contributed by atoms with Crippen LogP contribution in [0.1, 0.15) is 22.9 Å². The van der Waals surface area contributed by atoms with Crippen LogP contribution in [0.15, 0.2) is 53.0 Å². The van der Waals surface area contributed by atoms with E-state index < -0.39 is 0 Å². The second kappa shape index (κ2) is 6.02. The topological polar surface area (TPSA) is 0 Å². The van der Waals surface area contributed by atoms with Crippen molar-refractivity contribution in [2.75, 3.05) is 0 Å². The lowest BCUT2D eigenvalue weighted by Crippen LogP contribution is -1.88. The Balaban J connectivity index is 2.24. The molecule has 1 aromatic heterocycles. The molecule has 0 N–H and O–H groups in total. The first kappa shape index (κ1) is 15.9.